The summed E-state index contributed by atoms with van der Waals surface area (Å²) in [6.07, 6.45) is 7.52. The van der Waals surface area contributed by atoms with Gasteiger partial charge in [-0.15, -0.1) is 0 Å². The molecule has 0 atom stereocenters. The van der Waals surface area contributed by atoms with Crippen LogP contribution in [-0.4, -0.2) is 30.7 Å². The molecule has 0 aromatic carbocycles. The molecule has 19 heavy (non-hydrogen) atoms. The van der Waals surface area contributed by atoms with Gasteiger partial charge in [0.1, 0.15) is 11.1 Å². The summed E-state index contributed by atoms with van der Waals surface area (Å²) in [6, 6.07) is 3.09. The minimum atomic E-state index is -1.09. The van der Waals surface area contributed by atoms with Crippen LogP contribution in [0.15, 0.2) is 43.1 Å². The van der Waals surface area contributed by atoms with Crippen LogP contribution in [0.25, 0.3) is 5.52 Å². The Morgan fingerprint density at radius 3 is 3.00 bits per heavy atom. The normalized spacial score (nSPS) is 10.5. The molecule has 0 aliphatic heterocycles. The van der Waals surface area contributed by atoms with Gasteiger partial charge in [-0.2, -0.15) is 5.10 Å². The molecule has 0 amide bonds. The zero-order chi connectivity index (χ0) is 13.2. The van der Waals surface area contributed by atoms with Crippen LogP contribution >= 0.6 is 0 Å². The van der Waals surface area contributed by atoms with Gasteiger partial charge in [0.25, 0.3) is 0 Å². The molecule has 0 saturated carbocycles. The number of pyridine rings is 1. The molecule has 0 spiro atoms. The quantitative estimate of drug-likeness (QED) is 0.765. The standard InChI is InChI=1S/C12H8N4O3/c17-12(18)8-1-3-13-7-10(8)19-11-9-2-4-15-16(9)6-5-14-11/h1-7H,(H,17,18). The molecular formula is C12H8N4O3. The average molecular weight is 256 g/mol. The van der Waals surface area contributed by atoms with Gasteiger partial charge in [-0.25, -0.2) is 14.3 Å². The average Bonchev–Trinajstić information content (AvgIpc) is 2.88. The van der Waals surface area contributed by atoms with E-state index in [9.17, 15) is 4.79 Å². The first-order chi connectivity index (χ1) is 9.25. The summed E-state index contributed by atoms with van der Waals surface area (Å²) in [5, 5.41) is 13.1. The fourth-order valence-corrected chi connectivity index (χ4v) is 1.65. The van der Waals surface area contributed by atoms with Crippen LogP contribution < -0.4 is 4.74 Å². The van der Waals surface area contributed by atoms with Gasteiger partial charge in [-0.1, -0.05) is 0 Å². The van der Waals surface area contributed by atoms with Crippen molar-refractivity contribution in [1.82, 2.24) is 19.6 Å². The Hall–Kier alpha value is -2.96. The first-order valence-electron chi connectivity index (χ1n) is 5.39. The summed E-state index contributed by atoms with van der Waals surface area (Å²) in [5.41, 5.74) is 0.668. The molecule has 0 aliphatic rings. The Morgan fingerprint density at radius 1 is 1.26 bits per heavy atom. The lowest BCUT2D eigenvalue weighted by atomic mass is 10.2. The van der Waals surface area contributed by atoms with Crippen LogP contribution in [0.3, 0.4) is 0 Å². The third-order valence-electron chi connectivity index (χ3n) is 2.51. The predicted molar refractivity (Wildman–Crippen MR) is 64.3 cm³/mol. The van der Waals surface area contributed by atoms with E-state index in [4.69, 9.17) is 9.84 Å². The van der Waals surface area contributed by atoms with Gasteiger partial charge >= 0.3 is 5.97 Å². The first-order valence-corrected chi connectivity index (χ1v) is 5.39. The molecule has 0 bridgehead atoms. The second-order valence-corrected chi connectivity index (χ2v) is 3.67. The highest BCUT2D eigenvalue weighted by atomic mass is 16.5. The van der Waals surface area contributed by atoms with Crippen molar-refractivity contribution in [3.8, 4) is 11.6 Å². The number of rotatable bonds is 3. The number of nitrogens with zero attached hydrogens (tertiary/aromatic N) is 4. The van der Waals surface area contributed by atoms with Gasteiger partial charge in [-0.05, 0) is 12.1 Å². The molecule has 0 aliphatic carbocycles. The minimum absolute atomic E-state index is 0.0262. The number of hydrogen-bond acceptors (Lipinski definition) is 5. The third kappa shape index (κ3) is 1.97. The largest absolute Gasteiger partial charge is 0.478 e. The molecular weight excluding hydrogens is 248 g/mol. The molecule has 0 fully saturated rings. The van der Waals surface area contributed by atoms with Crippen molar-refractivity contribution < 1.29 is 14.6 Å². The van der Waals surface area contributed by atoms with Crippen molar-refractivity contribution in [2.75, 3.05) is 0 Å². The SMILES string of the molecule is O=C(O)c1ccncc1Oc1nccn2nccc12. The number of carboxylic acid groups (broad SMARTS) is 1. The van der Waals surface area contributed by atoms with Crippen LogP contribution in [-0.2, 0) is 0 Å². The van der Waals surface area contributed by atoms with E-state index in [1.165, 1.54) is 24.7 Å². The number of ether oxygens (including phenoxy) is 1. The predicted octanol–water partition coefficient (Wildman–Crippen LogP) is 1.61. The molecule has 3 rings (SSSR count). The molecule has 0 unspecified atom stereocenters. The van der Waals surface area contributed by atoms with E-state index in [1.807, 2.05) is 0 Å². The van der Waals surface area contributed by atoms with E-state index in [0.29, 0.717) is 5.52 Å². The van der Waals surface area contributed by atoms with Gasteiger partial charge in [0.15, 0.2) is 5.75 Å². The van der Waals surface area contributed by atoms with Crippen molar-refractivity contribution >= 4 is 11.5 Å². The minimum Gasteiger partial charge on any atom is -0.478 e. The van der Waals surface area contributed by atoms with E-state index in [1.54, 1.807) is 23.0 Å². The van der Waals surface area contributed by atoms with Crippen LogP contribution in [0, 0.1) is 0 Å². The zero-order valence-corrected chi connectivity index (χ0v) is 9.59. The Balaban J connectivity index is 2.06. The highest BCUT2D eigenvalue weighted by Gasteiger charge is 2.14. The number of fused-ring (bicyclic) bond motifs is 1. The molecule has 3 aromatic heterocycles. The monoisotopic (exact) mass is 256 g/mol. The number of carboxylic acids is 1. The van der Waals surface area contributed by atoms with Crippen molar-refractivity contribution in [2.45, 2.75) is 0 Å². The Kier molecular flexibility index (Phi) is 2.57. The highest BCUT2D eigenvalue weighted by Crippen LogP contribution is 2.25. The fourth-order valence-electron chi connectivity index (χ4n) is 1.65. The lowest BCUT2D eigenvalue weighted by molar-refractivity contribution is 0.0694. The van der Waals surface area contributed by atoms with E-state index in [-0.39, 0.29) is 17.2 Å². The Labute approximate surface area is 107 Å². The molecule has 0 radical (unpaired) electrons. The number of hydrogen-bond donors (Lipinski definition) is 1. The number of aromatic nitrogens is 4. The second kappa shape index (κ2) is 4.37. The van der Waals surface area contributed by atoms with Gasteiger partial charge < -0.3 is 9.84 Å². The highest BCUT2D eigenvalue weighted by molar-refractivity contribution is 5.90. The van der Waals surface area contributed by atoms with Crippen molar-refractivity contribution in [3.05, 3.63) is 48.7 Å². The number of carbonyl (C=O) groups is 1. The first kappa shape index (κ1) is 11.1. The summed E-state index contributed by atoms with van der Waals surface area (Å²) in [7, 11) is 0. The van der Waals surface area contributed by atoms with E-state index in [2.05, 4.69) is 15.1 Å². The van der Waals surface area contributed by atoms with Gasteiger partial charge in [-0.3, -0.25) is 4.98 Å². The smallest absolute Gasteiger partial charge is 0.339 e. The maximum Gasteiger partial charge on any atom is 0.339 e. The van der Waals surface area contributed by atoms with Crippen LogP contribution in [0.5, 0.6) is 11.6 Å². The molecule has 7 heteroatoms. The summed E-state index contributed by atoms with van der Waals surface area (Å²) in [5.74, 6) is -0.676. The molecule has 0 saturated heterocycles. The third-order valence-corrected chi connectivity index (χ3v) is 2.51. The molecule has 7 nitrogen and oxygen atoms in total. The summed E-state index contributed by atoms with van der Waals surface area (Å²) < 4.78 is 7.11. The van der Waals surface area contributed by atoms with Crippen molar-refractivity contribution in [1.29, 1.82) is 0 Å². The fraction of sp³-hybridized carbons (Fsp3) is 0. The van der Waals surface area contributed by atoms with Crippen molar-refractivity contribution in [2.24, 2.45) is 0 Å². The number of aromatic carboxylic acids is 1. The van der Waals surface area contributed by atoms with Crippen LogP contribution in [0.4, 0.5) is 0 Å². The van der Waals surface area contributed by atoms with Gasteiger partial charge in [0.05, 0.1) is 12.4 Å². The maximum atomic E-state index is 11.1. The van der Waals surface area contributed by atoms with Crippen LogP contribution in [0.1, 0.15) is 10.4 Å². The Bertz CT molecular complexity index is 753. The summed E-state index contributed by atoms with van der Waals surface area (Å²) in [4.78, 5) is 19.0. The topological polar surface area (TPSA) is 89.6 Å². The lowest BCUT2D eigenvalue weighted by Gasteiger charge is -2.07. The summed E-state index contributed by atoms with van der Waals surface area (Å²) >= 11 is 0. The van der Waals surface area contributed by atoms with Gasteiger partial charge in [0.2, 0.25) is 5.88 Å². The molecule has 3 aromatic rings. The van der Waals surface area contributed by atoms with Gasteiger partial charge in [0, 0.05) is 18.6 Å². The molecule has 3 heterocycles. The maximum absolute atomic E-state index is 11.1. The van der Waals surface area contributed by atoms with Crippen molar-refractivity contribution in [3.63, 3.8) is 0 Å². The molecule has 1 N–H and O–H groups in total. The van der Waals surface area contributed by atoms with E-state index < -0.39 is 5.97 Å². The van der Waals surface area contributed by atoms with E-state index in [0.717, 1.165) is 0 Å². The lowest BCUT2D eigenvalue weighted by Crippen LogP contribution is -2.02. The van der Waals surface area contributed by atoms with Crippen LogP contribution in [0.2, 0.25) is 0 Å². The molecule has 94 valence electrons. The summed E-state index contributed by atoms with van der Waals surface area (Å²) in [6.45, 7) is 0. The second-order valence-electron chi connectivity index (χ2n) is 3.67. The zero-order valence-electron chi connectivity index (χ0n) is 9.59. The van der Waals surface area contributed by atoms with E-state index >= 15 is 0 Å². The Morgan fingerprint density at radius 2 is 2.16 bits per heavy atom.